The Morgan fingerprint density at radius 2 is 1.71 bits per heavy atom. The van der Waals surface area contributed by atoms with Crippen LogP contribution in [0.2, 0.25) is 5.02 Å². The van der Waals surface area contributed by atoms with Crippen LogP contribution in [0.25, 0.3) is 0 Å². The summed E-state index contributed by atoms with van der Waals surface area (Å²) < 4.78 is 0. The van der Waals surface area contributed by atoms with Crippen LogP contribution in [-0.4, -0.2) is 30.0 Å². The second-order valence-electron chi connectivity index (χ2n) is 6.70. The highest BCUT2D eigenvalue weighted by atomic mass is 35.5. The molecule has 28 heavy (non-hydrogen) atoms. The average Bonchev–Trinajstić information content (AvgIpc) is 2.64. The first-order chi connectivity index (χ1) is 13.3. The Hall–Kier alpha value is -3.12. The zero-order valence-corrected chi connectivity index (χ0v) is 17.0. The van der Waals surface area contributed by atoms with Gasteiger partial charge in [0, 0.05) is 41.9 Å². The van der Waals surface area contributed by atoms with E-state index >= 15 is 0 Å². The molecule has 144 valence electrons. The van der Waals surface area contributed by atoms with Gasteiger partial charge >= 0.3 is 0 Å². The molecule has 0 spiro atoms. The Kier molecular flexibility index (Phi) is 5.80. The highest BCUT2D eigenvalue weighted by molar-refractivity contribution is 6.30. The Morgan fingerprint density at radius 1 is 1.00 bits per heavy atom. The maximum atomic E-state index is 12.6. The fourth-order valence-corrected chi connectivity index (χ4v) is 2.89. The Morgan fingerprint density at radius 3 is 2.36 bits per heavy atom. The summed E-state index contributed by atoms with van der Waals surface area (Å²) in [6.07, 6.45) is 0. The van der Waals surface area contributed by atoms with Crippen LogP contribution in [0.15, 0.2) is 48.5 Å². The summed E-state index contributed by atoms with van der Waals surface area (Å²) in [7, 11) is 3.93. The highest BCUT2D eigenvalue weighted by Gasteiger charge is 2.12. The molecular weight excluding hydrogens is 374 g/mol. The molecule has 0 aliphatic carbocycles. The topological polar surface area (TPSA) is 70.2 Å². The van der Waals surface area contributed by atoms with Crippen molar-refractivity contribution in [3.05, 3.63) is 70.5 Å². The van der Waals surface area contributed by atoms with Crippen LogP contribution in [0.5, 0.6) is 0 Å². The molecule has 6 nitrogen and oxygen atoms in total. The lowest BCUT2D eigenvalue weighted by Gasteiger charge is -2.13. The Balaban J connectivity index is 1.79. The van der Waals surface area contributed by atoms with Crippen LogP contribution < -0.4 is 15.5 Å². The van der Waals surface area contributed by atoms with Gasteiger partial charge in [-0.1, -0.05) is 11.6 Å². The Bertz CT molecular complexity index is 1000. The lowest BCUT2D eigenvalue weighted by molar-refractivity contribution is 0.102. The number of carbonyl (C=O) groups excluding carboxylic acids is 1. The average molecular weight is 396 g/mol. The van der Waals surface area contributed by atoms with Gasteiger partial charge in [0.05, 0.1) is 0 Å². The minimum absolute atomic E-state index is 0.290. The number of nitrogens with one attached hydrogen (secondary N) is 2. The van der Waals surface area contributed by atoms with Crippen LogP contribution in [0.3, 0.4) is 0 Å². The smallest absolute Gasteiger partial charge is 0.274 e. The molecule has 0 fully saturated rings. The maximum Gasteiger partial charge on any atom is 0.274 e. The van der Waals surface area contributed by atoms with E-state index in [2.05, 4.69) is 20.6 Å². The molecule has 1 amide bonds. The standard InChI is InChI=1S/C21H22ClN5O/c1-13-11-15(22)5-10-18(13)25-21-23-14(2)12-19(26-21)20(28)24-16-6-8-17(9-7-16)27(3)4/h5-12H,1-4H3,(H,24,28)(H,23,25,26). The van der Waals surface area contributed by atoms with Crippen LogP contribution in [0.4, 0.5) is 23.0 Å². The predicted octanol–water partition coefficient (Wildman–Crippen LogP) is 4.81. The van der Waals surface area contributed by atoms with Gasteiger partial charge in [-0.15, -0.1) is 0 Å². The molecule has 0 aliphatic heterocycles. The number of hydrogen-bond acceptors (Lipinski definition) is 5. The van der Waals surface area contributed by atoms with Gasteiger partial charge in [-0.25, -0.2) is 9.97 Å². The first-order valence-corrected chi connectivity index (χ1v) is 9.17. The van der Waals surface area contributed by atoms with Crippen molar-refractivity contribution in [1.29, 1.82) is 0 Å². The van der Waals surface area contributed by atoms with E-state index in [0.717, 1.165) is 16.9 Å². The van der Waals surface area contributed by atoms with Crippen molar-refractivity contribution in [2.75, 3.05) is 29.6 Å². The lowest BCUT2D eigenvalue weighted by Crippen LogP contribution is -2.16. The summed E-state index contributed by atoms with van der Waals surface area (Å²) in [4.78, 5) is 23.4. The molecule has 0 aliphatic rings. The molecule has 1 heterocycles. The number of amides is 1. The van der Waals surface area contributed by atoms with Crippen molar-refractivity contribution in [3.63, 3.8) is 0 Å². The maximum absolute atomic E-state index is 12.6. The molecule has 0 bridgehead atoms. The van der Waals surface area contributed by atoms with Crippen LogP contribution in [-0.2, 0) is 0 Å². The summed E-state index contributed by atoms with van der Waals surface area (Å²) in [5.74, 6) is 0.0671. The SMILES string of the molecule is Cc1cc(C(=O)Nc2ccc(N(C)C)cc2)nc(Nc2ccc(Cl)cc2C)n1. The van der Waals surface area contributed by atoms with Crippen molar-refractivity contribution in [2.45, 2.75) is 13.8 Å². The predicted molar refractivity (Wildman–Crippen MR) is 115 cm³/mol. The number of nitrogens with zero attached hydrogens (tertiary/aromatic N) is 3. The van der Waals surface area contributed by atoms with E-state index < -0.39 is 0 Å². The lowest BCUT2D eigenvalue weighted by atomic mass is 10.2. The van der Waals surface area contributed by atoms with E-state index in [0.29, 0.717) is 28.0 Å². The fourth-order valence-electron chi connectivity index (χ4n) is 2.67. The molecule has 0 saturated heterocycles. The molecule has 0 radical (unpaired) electrons. The fraction of sp³-hybridized carbons (Fsp3) is 0.190. The third-order valence-electron chi connectivity index (χ3n) is 4.16. The van der Waals surface area contributed by atoms with E-state index in [9.17, 15) is 4.79 Å². The monoisotopic (exact) mass is 395 g/mol. The first kappa shape index (κ1) is 19.6. The van der Waals surface area contributed by atoms with Gasteiger partial charge < -0.3 is 15.5 Å². The molecule has 3 aromatic rings. The van der Waals surface area contributed by atoms with Crippen LogP contribution in [0, 0.1) is 13.8 Å². The number of anilines is 4. The highest BCUT2D eigenvalue weighted by Crippen LogP contribution is 2.22. The van der Waals surface area contributed by atoms with Crippen molar-refractivity contribution in [2.24, 2.45) is 0 Å². The van der Waals surface area contributed by atoms with Crippen molar-refractivity contribution in [3.8, 4) is 0 Å². The van der Waals surface area contributed by atoms with E-state index in [-0.39, 0.29) is 5.91 Å². The second kappa shape index (κ2) is 8.27. The minimum Gasteiger partial charge on any atom is -0.378 e. The number of benzene rings is 2. The third kappa shape index (κ3) is 4.78. The molecule has 2 aromatic carbocycles. The zero-order valence-electron chi connectivity index (χ0n) is 16.2. The van der Waals surface area contributed by atoms with Crippen molar-refractivity contribution >= 4 is 40.5 Å². The minimum atomic E-state index is -0.293. The molecule has 1 aromatic heterocycles. The van der Waals surface area contributed by atoms with Gasteiger partial charge in [0.25, 0.3) is 5.91 Å². The summed E-state index contributed by atoms with van der Waals surface area (Å²) in [5.41, 5.74) is 4.54. The van der Waals surface area contributed by atoms with Gasteiger partial charge in [0.2, 0.25) is 5.95 Å². The zero-order chi connectivity index (χ0) is 20.3. The molecule has 0 unspecified atom stereocenters. The number of rotatable bonds is 5. The van der Waals surface area contributed by atoms with E-state index in [1.165, 1.54) is 0 Å². The van der Waals surface area contributed by atoms with Crippen molar-refractivity contribution < 1.29 is 4.79 Å². The van der Waals surface area contributed by atoms with E-state index in [1.807, 2.05) is 69.2 Å². The molecule has 2 N–H and O–H groups in total. The van der Waals surface area contributed by atoms with Crippen LogP contribution >= 0.6 is 11.6 Å². The number of aryl methyl sites for hydroxylation is 2. The van der Waals surface area contributed by atoms with Crippen LogP contribution in [0.1, 0.15) is 21.7 Å². The molecule has 3 rings (SSSR count). The largest absolute Gasteiger partial charge is 0.378 e. The first-order valence-electron chi connectivity index (χ1n) is 8.79. The van der Waals surface area contributed by atoms with Gasteiger partial charge in [0.1, 0.15) is 5.69 Å². The van der Waals surface area contributed by atoms with Crippen molar-refractivity contribution in [1.82, 2.24) is 9.97 Å². The number of carbonyl (C=O) groups is 1. The summed E-state index contributed by atoms with van der Waals surface area (Å²) in [5, 5.41) is 6.68. The van der Waals surface area contributed by atoms with Gasteiger partial charge in [-0.3, -0.25) is 4.79 Å². The number of aromatic nitrogens is 2. The third-order valence-corrected chi connectivity index (χ3v) is 4.40. The number of hydrogen-bond donors (Lipinski definition) is 2. The summed E-state index contributed by atoms with van der Waals surface area (Å²) >= 11 is 6.00. The van der Waals surface area contributed by atoms with Gasteiger partial charge in [-0.2, -0.15) is 0 Å². The Labute approximate surface area is 169 Å². The number of halogens is 1. The van der Waals surface area contributed by atoms with E-state index in [4.69, 9.17) is 11.6 Å². The molecule has 7 heteroatoms. The second-order valence-corrected chi connectivity index (χ2v) is 7.13. The van der Waals surface area contributed by atoms with Gasteiger partial charge in [0.15, 0.2) is 0 Å². The quantitative estimate of drug-likeness (QED) is 0.648. The molecular formula is C21H22ClN5O. The van der Waals surface area contributed by atoms with Gasteiger partial charge in [-0.05, 0) is 67.9 Å². The van der Waals surface area contributed by atoms with E-state index in [1.54, 1.807) is 12.1 Å². The summed E-state index contributed by atoms with van der Waals surface area (Å²) in [6.45, 7) is 3.76. The molecule has 0 saturated carbocycles. The summed E-state index contributed by atoms with van der Waals surface area (Å²) in [6, 6.07) is 14.8. The molecule has 0 atom stereocenters. The normalized spacial score (nSPS) is 10.5.